The highest BCUT2D eigenvalue weighted by atomic mass is 15.2. The molecule has 0 spiro atoms. The zero-order chi connectivity index (χ0) is 10.3. The van der Waals surface area contributed by atoms with Gasteiger partial charge >= 0.3 is 0 Å². The lowest BCUT2D eigenvalue weighted by molar-refractivity contribution is 0.637. The first kappa shape index (κ1) is 9.04. The van der Waals surface area contributed by atoms with Crippen molar-refractivity contribution in [2.45, 2.75) is 20.8 Å². The minimum absolute atomic E-state index is 0.932. The van der Waals surface area contributed by atoms with Crippen LogP contribution in [0.2, 0.25) is 0 Å². The van der Waals surface area contributed by atoms with Gasteiger partial charge in [0.1, 0.15) is 11.5 Å². The molecule has 2 bridgehead atoms. The van der Waals surface area contributed by atoms with Crippen molar-refractivity contribution in [3.63, 3.8) is 0 Å². The van der Waals surface area contributed by atoms with Crippen molar-refractivity contribution in [1.29, 1.82) is 0 Å². The van der Waals surface area contributed by atoms with E-state index in [2.05, 4.69) is 41.6 Å². The van der Waals surface area contributed by atoms with E-state index in [0.717, 1.165) is 17.2 Å². The molecule has 72 valence electrons. The number of hydrogen-bond acceptors (Lipinski definition) is 2. The molecule has 1 aliphatic carbocycles. The summed E-state index contributed by atoms with van der Waals surface area (Å²) in [6, 6.07) is 0. The Balaban J connectivity index is 2.59. The maximum absolute atomic E-state index is 4.45. The van der Waals surface area contributed by atoms with Gasteiger partial charge in [0.15, 0.2) is 0 Å². The van der Waals surface area contributed by atoms with E-state index in [-0.39, 0.29) is 0 Å². The van der Waals surface area contributed by atoms with E-state index in [1.54, 1.807) is 0 Å². The molecule has 0 saturated heterocycles. The van der Waals surface area contributed by atoms with Crippen LogP contribution in [0.4, 0.5) is 0 Å². The van der Waals surface area contributed by atoms with Gasteiger partial charge < -0.3 is 4.90 Å². The average Bonchev–Trinajstić information content (AvgIpc) is 2.23. The Kier molecular flexibility index (Phi) is 1.94. The molecule has 0 atom stereocenters. The topological polar surface area (TPSA) is 15.6 Å². The second-order valence-corrected chi connectivity index (χ2v) is 3.77. The summed E-state index contributed by atoms with van der Waals surface area (Å²) < 4.78 is 0. The third-order valence-corrected chi connectivity index (χ3v) is 2.71. The molecule has 1 aliphatic heterocycles. The Bertz CT molecular complexity index is 441. The molecule has 2 aliphatic rings. The van der Waals surface area contributed by atoms with Gasteiger partial charge in [0.2, 0.25) is 0 Å². The number of aliphatic imine (C=N–C) groups is 1. The largest absolute Gasteiger partial charge is 0.327 e. The molecule has 0 aromatic heterocycles. The van der Waals surface area contributed by atoms with Crippen molar-refractivity contribution in [3.8, 4) is 0 Å². The normalized spacial score (nSPS) is 20.3. The molecule has 2 rings (SSSR count). The Morgan fingerprint density at radius 1 is 1.14 bits per heavy atom. The third kappa shape index (κ3) is 1.34. The summed E-state index contributed by atoms with van der Waals surface area (Å²) in [7, 11) is 2.02. The summed E-state index contributed by atoms with van der Waals surface area (Å²) in [4.78, 5) is 6.50. The van der Waals surface area contributed by atoms with Crippen molar-refractivity contribution in [1.82, 2.24) is 4.90 Å². The standard InChI is InChI=1S/C12H14N2/c1-8-5-11-7-12(6-9(8)2)14(4)10(3)13-11/h5-6H,1-4H3. The zero-order valence-electron chi connectivity index (χ0n) is 9.05. The molecular formula is C12H14N2. The summed E-state index contributed by atoms with van der Waals surface area (Å²) in [6.07, 6.45) is 4.23. The summed E-state index contributed by atoms with van der Waals surface area (Å²) in [6.45, 7) is 6.23. The second-order valence-electron chi connectivity index (χ2n) is 3.77. The van der Waals surface area contributed by atoms with Gasteiger partial charge in [0.05, 0.1) is 5.70 Å². The number of hydrogen-bond donors (Lipinski definition) is 0. The van der Waals surface area contributed by atoms with E-state index in [0.29, 0.717) is 0 Å². The van der Waals surface area contributed by atoms with E-state index in [9.17, 15) is 0 Å². The van der Waals surface area contributed by atoms with Gasteiger partial charge in [-0.3, -0.25) is 0 Å². The van der Waals surface area contributed by atoms with Gasteiger partial charge in [-0.25, -0.2) is 4.99 Å². The molecule has 0 radical (unpaired) electrons. The van der Waals surface area contributed by atoms with Gasteiger partial charge in [0, 0.05) is 7.05 Å². The first-order chi connectivity index (χ1) is 6.58. The van der Waals surface area contributed by atoms with Crippen LogP contribution in [-0.2, 0) is 0 Å². The molecule has 0 fully saturated rings. The summed E-state index contributed by atoms with van der Waals surface area (Å²) in [5, 5.41) is 0. The monoisotopic (exact) mass is 186 g/mol. The predicted molar refractivity (Wildman–Crippen MR) is 58.9 cm³/mol. The van der Waals surface area contributed by atoms with E-state index in [4.69, 9.17) is 0 Å². The van der Waals surface area contributed by atoms with E-state index in [1.807, 2.05) is 14.0 Å². The Morgan fingerprint density at radius 3 is 2.50 bits per heavy atom. The fourth-order valence-corrected chi connectivity index (χ4v) is 1.51. The number of allylic oxidation sites excluding steroid dienone is 3. The quantitative estimate of drug-likeness (QED) is 0.531. The Labute approximate surface area is 84.6 Å². The fraction of sp³-hybridized carbons (Fsp3) is 0.333. The lowest BCUT2D eigenvalue weighted by Crippen LogP contribution is -2.24. The van der Waals surface area contributed by atoms with Gasteiger partial charge in [0.25, 0.3) is 0 Å². The van der Waals surface area contributed by atoms with Crippen molar-refractivity contribution in [2.24, 2.45) is 4.99 Å². The van der Waals surface area contributed by atoms with E-state index in [1.165, 1.54) is 11.1 Å². The molecule has 0 N–H and O–H groups in total. The molecule has 0 aromatic carbocycles. The van der Waals surface area contributed by atoms with Crippen LogP contribution in [0.15, 0.2) is 45.4 Å². The number of likely N-dealkylation sites (N-methyl/N-ethyl adjacent to an activating group) is 1. The van der Waals surface area contributed by atoms with Crippen LogP contribution >= 0.6 is 0 Å². The van der Waals surface area contributed by atoms with Crippen LogP contribution in [-0.4, -0.2) is 17.8 Å². The van der Waals surface area contributed by atoms with E-state index < -0.39 is 0 Å². The summed E-state index contributed by atoms with van der Waals surface area (Å²) in [5.41, 5.74) is 7.84. The fourth-order valence-electron chi connectivity index (χ4n) is 1.51. The summed E-state index contributed by atoms with van der Waals surface area (Å²) in [5.74, 6) is 1.02. The molecular weight excluding hydrogens is 172 g/mol. The molecule has 0 saturated carbocycles. The van der Waals surface area contributed by atoms with Crippen LogP contribution < -0.4 is 0 Å². The van der Waals surface area contributed by atoms with Crippen molar-refractivity contribution >= 4 is 5.84 Å². The molecule has 0 amide bonds. The number of nitrogens with zero attached hydrogens (tertiary/aromatic N) is 2. The Hall–Kier alpha value is -1.53. The van der Waals surface area contributed by atoms with Gasteiger partial charge in [-0.15, -0.1) is 0 Å². The third-order valence-electron chi connectivity index (χ3n) is 2.71. The van der Waals surface area contributed by atoms with Gasteiger partial charge in [-0.2, -0.15) is 0 Å². The smallest absolute Gasteiger partial charge is 0.109 e. The minimum atomic E-state index is 0.932. The molecule has 14 heavy (non-hydrogen) atoms. The first-order valence-corrected chi connectivity index (χ1v) is 4.75. The predicted octanol–water partition coefficient (Wildman–Crippen LogP) is 2.62. The first-order valence-electron chi connectivity index (χ1n) is 4.75. The van der Waals surface area contributed by atoms with Crippen LogP contribution in [0.5, 0.6) is 0 Å². The molecule has 2 nitrogen and oxygen atoms in total. The second kappa shape index (κ2) is 3.00. The number of rotatable bonds is 0. The molecule has 1 heterocycles. The highest BCUT2D eigenvalue weighted by molar-refractivity contribution is 5.84. The number of amidine groups is 1. The Morgan fingerprint density at radius 2 is 1.79 bits per heavy atom. The van der Waals surface area contributed by atoms with Crippen LogP contribution in [0.1, 0.15) is 20.8 Å². The molecule has 0 unspecified atom stereocenters. The van der Waals surface area contributed by atoms with Gasteiger partial charge in [-0.1, -0.05) is 5.73 Å². The van der Waals surface area contributed by atoms with Gasteiger partial charge in [-0.05, 0) is 44.1 Å². The SMILES string of the molecule is CC1=CC2=C=C(C=C1C)N(C)C(C)=N2. The lowest BCUT2D eigenvalue weighted by Gasteiger charge is -2.20. The highest BCUT2D eigenvalue weighted by Crippen LogP contribution is 2.23. The van der Waals surface area contributed by atoms with Crippen molar-refractivity contribution in [2.75, 3.05) is 7.05 Å². The van der Waals surface area contributed by atoms with Crippen LogP contribution in [0.25, 0.3) is 0 Å². The highest BCUT2D eigenvalue weighted by Gasteiger charge is 2.13. The molecule has 2 heteroatoms. The lowest BCUT2D eigenvalue weighted by atomic mass is 10.1. The zero-order valence-corrected chi connectivity index (χ0v) is 9.05. The van der Waals surface area contributed by atoms with E-state index >= 15 is 0 Å². The molecule has 0 aromatic rings. The van der Waals surface area contributed by atoms with Crippen LogP contribution in [0.3, 0.4) is 0 Å². The maximum atomic E-state index is 4.45. The van der Waals surface area contributed by atoms with Crippen LogP contribution in [0, 0.1) is 0 Å². The maximum Gasteiger partial charge on any atom is 0.109 e. The van der Waals surface area contributed by atoms with Crippen molar-refractivity contribution < 1.29 is 0 Å². The van der Waals surface area contributed by atoms with Crippen molar-refractivity contribution in [3.05, 3.63) is 40.4 Å². The minimum Gasteiger partial charge on any atom is -0.327 e. The average molecular weight is 186 g/mol. The summed E-state index contributed by atoms with van der Waals surface area (Å²) >= 11 is 0.